The molecule has 0 aliphatic carbocycles. The Hall–Kier alpha value is -3.61. The molecule has 4 rings (SSSR count). The second-order valence-corrected chi connectivity index (χ2v) is 7.67. The number of hydrogen-bond donors (Lipinski definition) is 2. The molecular weight excluding hydrogens is 381 g/mol. The minimum atomic E-state index is -0.264. The van der Waals surface area contributed by atoms with E-state index in [1.807, 2.05) is 43.8 Å². The van der Waals surface area contributed by atoms with Crippen molar-refractivity contribution in [2.75, 3.05) is 5.73 Å². The summed E-state index contributed by atoms with van der Waals surface area (Å²) in [5.41, 5.74) is 10.1. The van der Waals surface area contributed by atoms with Gasteiger partial charge in [0.2, 0.25) is 0 Å². The number of fused-ring (bicyclic) bond motifs is 1. The molecule has 2 heterocycles. The number of halogens is 1. The maximum Gasteiger partial charge on any atom is 0.251 e. The van der Waals surface area contributed by atoms with Crippen molar-refractivity contribution in [2.45, 2.75) is 26.3 Å². The van der Waals surface area contributed by atoms with Crippen LogP contribution < -0.4 is 11.1 Å². The van der Waals surface area contributed by atoms with Gasteiger partial charge >= 0.3 is 0 Å². The number of carbonyl (C=O) groups excluding carboxylic acids is 1. The number of nitrogen functional groups attached to an aromatic ring is 1. The topological polar surface area (TPSA) is 77.9 Å². The molecule has 1 unspecified atom stereocenters. The third-order valence-electron chi connectivity index (χ3n) is 5.17. The SMILES string of the molecule is Cc1cc(N)n(-c2ccc(C(=O)NC(C)Cc3cn(C)c4ccc(F)cc34)cc2)n1. The molecule has 1 atom stereocenters. The van der Waals surface area contributed by atoms with E-state index in [0.717, 1.165) is 27.8 Å². The van der Waals surface area contributed by atoms with Crippen LogP contribution in [0.15, 0.2) is 54.7 Å². The van der Waals surface area contributed by atoms with Gasteiger partial charge in [-0.3, -0.25) is 4.79 Å². The van der Waals surface area contributed by atoms with Crippen LogP contribution in [0.2, 0.25) is 0 Å². The van der Waals surface area contributed by atoms with Crippen molar-refractivity contribution < 1.29 is 9.18 Å². The van der Waals surface area contributed by atoms with Crippen LogP contribution in [0.25, 0.3) is 16.6 Å². The number of nitrogens with zero attached hydrogens (tertiary/aromatic N) is 3. The molecule has 2 aromatic heterocycles. The first kappa shape index (κ1) is 19.7. The minimum absolute atomic E-state index is 0.115. The Kier molecular flexibility index (Phi) is 5.03. The molecule has 0 spiro atoms. The van der Waals surface area contributed by atoms with Crippen molar-refractivity contribution in [3.05, 3.63) is 77.4 Å². The summed E-state index contributed by atoms with van der Waals surface area (Å²) in [6, 6.07) is 13.6. The standard InChI is InChI=1S/C23H24FN5O/c1-14(10-17-13-28(3)21-9-6-18(24)12-20(17)21)26-23(30)16-4-7-19(8-5-16)29-22(25)11-15(2)27-29/h4-9,11-14H,10,25H2,1-3H3,(H,26,30). The molecule has 0 saturated heterocycles. The number of hydrogen-bond acceptors (Lipinski definition) is 3. The Bertz CT molecular complexity index is 1220. The molecule has 0 aliphatic heterocycles. The van der Waals surface area contributed by atoms with Gasteiger partial charge in [0.15, 0.2) is 0 Å². The molecule has 1 amide bonds. The number of benzene rings is 2. The van der Waals surface area contributed by atoms with Crippen molar-refractivity contribution in [1.29, 1.82) is 0 Å². The largest absolute Gasteiger partial charge is 0.384 e. The highest BCUT2D eigenvalue weighted by Gasteiger charge is 2.15. The average molecular weight is 405 g/mol. The van der Waals surface area contributed by atoms with E-state index in [-0.39, 0.29) is 17.8 Å². The van der Waals surface area contributed by atoms with Crippen molar-refractivity contribution in [3.8, 4) is 5.69 Å². The molecule has 6 nitrogen and oxygen atoms in total. The van der Waals surface area contributed by atoms with Gasteiger partial charge in [-0.05, 0) is 68.3 Å². The van der Waals surface area contributed by atoms with E-state index in [1.54, 1.807) is 35.0 Å². The Balaban J connectivity index is 1.46. The summed E-state index contributed by atoms with van der Waals surface area (Å²) in [7, 11) is 1.93. The summed E-state index contributed by atoms with van der Waals surface area (Å²) in [6.07, 6.45) is 2.59. The Morgan fingerprint density at radius 2 is 1.93 bits per heavy atom. The average Bonchev–Trinajstić information content (AvgIpc) is 3.19. The highest BCUT2D eigenvalue weighted by Crippen LogP contribution is 2.23. The quantitative estimate of drug-likeness (QED) is 0.531. The molecule has 7 heteroatoms. The molecule has 3 N–H and O–H groups in total. The van der Waals surface area contributed by atoms with Crippen LogP contribution in [-0.4, -0.2) is 26.3 Å². The van der Waals surface area contributed by atoms with Gasteiger partial charge in [0, 0.05) is 41.8 Å². The lowest BCUT2D eigenvalue weighted by atomic mass is 10.1. The number of aromatic nitrogens is 3. The summed E-state index contributed by atoms with van der Waals surface area (Å²) < 4.78 is 17.3. The van der Waals surface area contributed by atoms with Crippen LogP contribution in [-0.2, 0) is 13.5 Å². The normalized spacial score (nSPS) is 12.3. The Morgan fingerprint density at radius 1 is 1.20 bits per heavy atom. The molecule has 0 bridgehead atoms. The summed E-state index contributed by atoms with van der Waals surface area (Å²) >= 11 is 0. The zero-order chi connectivity index (χ0) is 21.4. The van der Waals surface area contributed by atoms with E-state index < -0.39 is 0 Å². The fraction of sp³-hybridized carbons (Fsp3) is 0.217. The van der Waals surface area contributed by atoms with Crippen LogP contribution >= 0.6 is 0 Å². The van der Waals surface area contributed by atoms with Crippen LogP contribution in [0.5, 0.6) is 0 Å². The number of nitrogens with two attached hydrogens (primary N) is 1. The first-order valence-electron chi connectivity index (χ1n) is 9.78. The zero-order valence-corrected chi connectivity index (χ0v) is 17.2. The third-order valence-corrected chi connectivity index (χ3v) is 5.17. The van der Waals surface area contributed by atoms with E-state index >= 15 is 0 Å². The summed E-state index contributed by atoms with van der Waals surface area (Å²) in [6.45, 7) is 3.82. The van der Waals surface area contributed by atoms with Gasteiger partial charge < -0.3 is 15.6 Å². The molecule has 154 valence electrons. The molecule has 0 aliphatic rings. The van der Waals surface area contributed by atoms with Crippen molar-refractivity contribution >= 4 is 22.6 Å². The van der Waals surface area contributed by atoms with Crippen molar-refractivity contribution in [1.82, 2.24) is 19.7 Å². The van der Waals surface area contributed by atoms with Gasteiger partial charge in [0.05, 0.1) is 11.4 Å². The molecule has 0 radical (unpaired) electrons. The fourth-order valence-electron chi connectivity index (χ4n) is 3.78. The Labute approximate surface area is 174 Å². The molecule has 0 saturated carbocycles. The highest BCUT2D eigenvalue weighted by molar-refractivity contribution is 5.94. The van der Waals surface area contributed by atoms with Gasteiger partial charge in [-0.2, -0.15) is 5.10 Å². The first-order chi connectivity index (χ1) is 14.3. The molecule has 30 heavy (non-hydrogen) atoms. The van der Waals surface area contributed by atoms with E-state index in [0.29, 0.717) is 17.8 Å². The molecular formula is C23H24FN5O. The van der Waals surface area contributed by atoms with Gasteiger partial charge in [0.25, 0.3) is 5.91 Å². The van der Waals surface area contributed by atoms with Gasteiger partial charge in [-0.1, -0.05) is 0 Å². The number of aryl methyl sites for hydroxylation is 2. The second kappa shape index (κ2) is 7.67. The Morgan fingerprint density at radius 3 is 2.60 bits per heavy atom. The fourth-order valence-corrected chi connectivity index (χ4v) is 3.78. The minimum Gasteiger partial charge on any atom is -0.384 e. The predicted octanol–water partition coefficient (Wildman–Crippen LogP) is 3.75. The van der Waals surface area contributed by atoms with E-state index in [9.17, 15) is 9.18 Å². The number of rotatable bonds is 5. The maximum absolute atomic E-state index is 13.7. The summed E-state index contributed by atoms with van der Waals surface area (Å²) in [5.74, 6) is 0.120. The van der Waals surface area contributed by atoms with Gasteiger partial charge in [0.1, 0.15) is 11.6 Å². The predicted molar refractivity (Wildman–Crippen MR) is 116 cm³/mol. The third kappa shape index (κ3) is 3.78. The lowest BCUT2D eigenvalue weighted by molar-refractivity contribution is 0.0940. The monoisotopic (exact) mass is 405 g/mol. The highest BCUT2D eigenvalue weighted by atomic mass is 19.1. The molecule has 4 aromatic rings. The lowest BCUT2D eigenvalue weighted by Gasteiger charge is -2.14. The van der Waals surface area contributed by atoms with E-state index in [4.69, 9.17) is 5.73 Å². The van der Waals surface area contributed by atoms with E-state index in [1.165, 1.54) is 6.07 Å². The molecule has 0 fully saturated rings. The van der Waals surface area contributed by atoms with Gasteiger partial charge in [-0.25, -0.2) is 9.07 Å². The van der Waals surface area contributed by atoms with Crippen LogP contribution in [0.3, 0.4) is 0 Å². The number of amides is 1. The first-order valence-corrected chi connectivity index (χ1v) is 9.78. The van der Waals surface area contributed by atoms with Crippen LogP contribution in [0, 0.1) is 12.7 Å². The van der Waals surface area contributed by atoms with Crippen molar-refractivity contribution in [3.63, 3.8) is 0 Å². The zero-order valence-electron chi connectivity index (χ0n) is 17.2. The van der Waals surface area contributed by atoms with Crippen molar-refractivity contribution in [2.24, 2.45) is 7.05 Å². The molecule has 2 aromatic carbocycles. The maximum atomic E-state index is 13.7. The summed E-state index contributed by atoms with van der Waals surface area (Å²) in [4.78, 5) is 12.7. The number of carbonyl (C=O) groups is 1. The second-order valence-electron chi connectivity index (χ2n) is 7.67. The van der Waals surface area contributed by atoms with Crippen LogP contribution in [0.4, 0.5) is 10.2 Å². The lowest BCUT2D eigenvalue weighted by Crippen LogP contribution is -2.34. The van der Waals surface area contributed by atoms with Gasteiger partial charge in [-0.15, -0.1) is 0 Å². The number of nitrogens with one attached hydrogen (secondary N) is 1. The van der Waals surface area contributed by atoms with Crippen LogP contribution in [0.1, 0.15) is 28.5 Å². The number of anilines is 1. The van der Waals surface area contributed by atoms with E-state index in [2.05, 4.69) is 10.4 Å². The summed E-state index contributed by atoms with van der Waals surface area (Å²) in [5, 5.41) is 8.23. The smallest absolute Gasteiger partial charge is 0.251 e.